The topological polar surface area (TPSA) is 237 Å². The lowest BCUT2D eigenvalue weighted by Crippen LogP contribution is -2.61. The summed E-state index contributed by atoms with van der Waals surface area (Å²) in [7, 11) is 0. The predicted octanol–water partition coefficient (Wildman–Crippen LogP) is -1.96. The smallest absolute Gasteiger partial charge is 0.335 e. The Hall–Kier alpha value is -3.97. The predicted molar refractivity (Wildman–Crippen MR) is 157 cm³/mol. The van der Waals surface area contributed by atoms with Crippen LogP contribution in [0.4, 0.5) is 0 Å². The second-order valence-corrected chi connectivity index (χ2v) is 10.4. The first kappa shape index (κ1) is 37.5. The van der Waals surface area contributed by atoms with E-state index in [4.69, 9.17) is 28.4 Å². The zero-order valence-corrected chi connectivity index (χ0v) is 25.6. The van der Waals surface area contributed by atoms with Crippen LogP contribution < -0.4 is 10.1 Å². The molecule has 0 aliphatic carbocycles. The van der Waals surface area contributed by atoms with Crippen molar-refractivity contribution in [3.05, 3.63) is 41.5 Å². The van der Waals surface area contributed by atoms with Crippen LogP contribution in [0.2, 0.25) is 0 Å². The summed E-state index contributed by atoms with van der Waals surface area (Å²) in [5.74, 6) is -2.56. The number of aryl methyl sites for hydroxylation is 1. The van der Waals surface area contributed by atoms with E-state index in [9.17, 15) is 44.4 Å². The molecule has 0 bridgehead atoms. The molecule has 2 aliphatic heterocycles. The largest absolute Gasteiger partial charge is 0.479 e. The Morgan fingerprint density at radius 2 is 1.57 bits per heavy atom. The van der Waals surface area contributed by atoms with Crippen molar-refractivity contribution in [3.8, 4) is 5.75 Å². The average Bonchev–Trinajstić information content (AvgIpc) is 3.37. The average molecular weight is 669 g/mol. The number of aliphatic hydroxyl groups is 3. The van der Waals surface area contributed by atoms with E-state index in [2.05, 4.69) is 5.32 Å². The van der Waals surface area contributed by atoms with E-state index in [0.29, 0.717) is 51.4 Å². The van der Waals surface area contributed by atoms with Crippen LogP contribution in [0.5, 0.6) is 5.75 Å². The third kappa shape index (κ3) is 12.0. The highest BCUT2D eigenvalue weighted by Crippen LogP contribution is 2.28. The van der Waals surface area contributed by atoms with Crippen LogP contribution in [0, 0.1) is 0 Å². The second kappa shape index (κ2) is 19.6. The molecule has 3 amide bonds. The molecule has 2 aliphatic rings. The quantitative estimate of drug-likeness (QED) is 0.0513. The summed E-state index contributed by atoms with van der Waals surface area (Å²) >= 11 is 0. The van der Waals surface area contributed by atoms with E-state index in [-0.39, 0.29) is 50.9 Å². The van der Waals surface area contributed by atoms with Gasteiger partial charge in [0.2, 0.25) is 12.2 Å². The van der Waals surface area contributed by atoms with Crippen LogP contribution in [-0.4, -0.2) is 139 Å². The molecule has 1 fully saturated rings. The van der Waals surface area contributed by atoms with E-state index >= 15 is 0 Å². The fourth-order valence-electron chi connectivity index (χ4n) is 4.52. The van der Waals surface area contributed by atoms with Crippen LogP contribution in [0.25, 0.3) is 0 Å². The maximum absolute atomic E-state index is 11.8. The molecule has 47 heavy (non-hydrogen) atoms. The molecule has 0 saturated carbocycles. The van der Waals surface area contributed by atoms with Gasteiger partial charge in [0.15, 0.2) is 6.10 Å². The first-order valence-electron chi connectivity index (χ1n) is 14.9. The Kier molecular flexibility index (Phi) is 15.7. The highest BCUT2D eigenvalue weighted by atomic mass is 16.7. The summed E-state index contributed by atoms with van der Waals surface area (Å²) in [6, 6.07) is 5.02. The fourth-order valence-corrected chi connectivity index (χ4v) is 4.52. The third-order valence-corrected chi connectivity index (χ3v) is 7.02. The monoisotopic (exact) mass is 668 g/mol. The first-order chi connectivity index (χ1) is 22.6. The van der Waals surface area contributed by atoms with Gasteiger partial charge in [-0.25, -0.2) is 4.79 Å². The zero-order chi connectivity index (χ0) is 34.2. The molecule has 2 heterocycles. The van der Waals surface area contributed by atoms with Gasteiger partial charge >= 0.3 is 5.97 Å². The van der Waals surface area contributed by atoms with Crippen LogP contribution in [-0.2, 0) is 60.7 Å². The molecular weight excluding hydrogens is 628 g/mol. The molecule has 0 spiro atoms. The van der Waals surface area contributed by atoms with Crippen LogP contribution in [0.15, 0.2) is 30.4 Å². The van der Waals surface area contributed by atoms with Crippen molar-refractivity contribution < 1.29 is 72.8 Å². The van der Waals surface area contributed by atoms with Gasteiger partial charge in [-0.15, -0.1) is 0 Å². The third-order valence-electron chi connectivity index (χ3n) is 7.02. The number of hydrogen-bond donors (Lipinski definition) is 5. The molecule has 1 saturated heterocycles. The minimum Gasteiger partial charge on any atom is -0.479 e. The number of nitrogens with one attached hydrogen (secondary N) is 1. The Bertz CT molecular complexity index is 1220. The molecule has 1 aromatic rings. The SMILES string of the molecule is O=COCc1ccc(CCCOCCOCCOCCNC(=O)CCN2C(=O)C=CC2=O)cc1O[C@@H]1OC(C(=O)O)[C@@H](O)[C@H](O)[C@H]1O. The Balaban J connectivity index is 1.27. The molecule has 3 rings (SSSR count). The number of carbonyl (C=O) groups excluding carboxylic acids is 4. The summed E-state index contributed by atoms with van der Waals surface area (Å²) in [4.78, 5) is 57.9. The molecule has 5 N–H and O–H groups in total. The number of amides is 3. The molecule has 0 radical (unpaired) electrons. The number of benzene rings is 1. The first-order valence-corrected chi connectivity index (χ1v) is 14.9. The Labute approximate surface area is 269 Å². The van der Waals surface area contributed by atoms with Gasteiger partial charge < -0.3 is 54.2 Å². The molecule has 1 aromatic carbocycles. The number of imide groups is 1. The summed E-state index contributed by atoms with van der Waals surface area (Å²) in [6.07, 6.45) is -5.38. The van der Waals surface area contributed by atoms with E-state index in [0.717, 1.165) is 10.5 Å². The zero-order valence-electron chi connectivity index (χ0n) is 25.6. The van der Waals surface area contributed by atoms with E-state index < -0.39 is 48.5 Å². The number of carboxylic acid groups (broad SMARTS) is 1. The molecular formula is C30H40N2O15. The van der Waals surface area contributed by atoms with Gasteiger partial charge in [-0.1, -0.05) is 12.1 Å². The van der Waals surface area contributed by atoms with Crippen LogP contribution >= 0.6 is 0 Å². The molecule has 17 heteroatoms. The van der Waals surface area contributed by atoms with Gasteiger partial charge in [0.1, 0.15) is 30.7 Å². The molecule has 260 valence electrons. The lowest BCUT2D eigenvalue weighted by Gasteiger charge is -2.38. The van der Waals surface area contributed by atoms with E-state index in [1.165, 1.54) is 12.2 Å². The van der Waals surface area contributed by atoms with Gasteiger partial charge in [-0.3, -0.25) is 24.1 Å². The van der Waals surface area contributed by atoms with Crippen LogP contribution in [0.3, 0.4) is 0 Å². The summed E-state index contributed by atoms with van der Waals surface area (Å²) in [5.41, 5.74) is 1.19. The van der Waals surface area contributed by atoms with Crippen molar-refractivity contribution in [2.45, 2.75) is 56.6 Å². The van der Waals surface area contributed by atoms with Crippen molar-refractivity contribution in [3.63, 3.8) is 0 Å². The highest BCUT2D eigenvalue weighted by molar-refractivity contribution is 6.13. The second-order valence-electron chi connectivity index (χ2n) is 10.4. The molecule has 1 unspecified atom stereocenters. The van der Waals surface area contributed by atoms with Crippen molar-refractivity contribution in [1.82, 2.24) is 10.2 Å². The number of carboxylic acids is 1. The van der Waals surface area contributed by atoms with Crippen molar-refractivity contribution in [1.29, 1.82) is 0 Å². The summed E-state index contributed by atoms with van der Waals surface area (Å²) in [6.45, 7) is 2.39. The number of carbonyl (C=O) groups is 5. The fraction of sp³-hybridized carbons (Fsp3) is 0.567. The Morgan fingerprint density at radius 3 is 2.23 bits per heavy atom. The summed E-state index contributed by atoms with van der Waals surface area (Å²) in [5, 5.41) is 42.2. The maximum Gasteiger partial charge on any atom is 0.335 e. The van der Waals surface area contributed by atoms with E-state index in [1.807, 2.05) is 0 Å². The Morgan fingerprint density at radius 1 is 0.915 bits per heavy atom. The molecule has 5 atom stereocenters. The van der Waals surface area contributed by atoms with Gasteiger partial charge in [0.25, 0.3) is 18.3 Å². The van der Waals surface area contributed by atoms with Gasteiger partial charge in [0.05, 0.1) is 33.0 Å². The van der Waals surface area contributed by atoms with Gasteiger partial charge in [-0.2, -0.15) is 0 Å². The van der Waals surface area contributed by atoms with Gasteiger partial charge in [-0.05, 0) is 24.5 Å². The van der Waals surface area contributed by atoms with E-state index in [1.54, 1.807) is 18.2 Å². The standard InChI is InChI=1S/C30H40N2O15/c33-18-45-17-20-4-3-19(16-21(20)46-30-27(39)25(37)26(38)28(47-30)29(40)41)2-1-10-42-12-14-44-15-13-43-11-8-31-22(34)7-9-32-23(35)5-6-24(32)36/h3-6,16,18,25-28,30,37-39H,1-2,7-15,17H2,(H,31,34)(H,40,41)/t25-,26-,27+,28?,30+/m0/s1. The normalized spacial score (nSPS) is 22.4. The number of aliphatic hydroxyl groups excluding tert-OH is 3. The molecule has 17 nitrogen and oxygen atoms in total. The number of ether oxygens (including phenoxy) is 6. The minimum absolute atomic E-state index is 0.0114. The lowest BCUT2D eigenvalue weighted by atomic mass is 9.99. The highest BCUT2D eigenvalue weighted by Gasteiger charge is 2.48. The molecule has 0 aromatic heterocycles. The van der Waals surface area contributed by atoms with Crippen molar-refractivity contribution >= 4 is 30.2 Å². The lowest BCUT2D eigenvalue weighted by molar-refractivity contribution is -0.271. The van der Waals surface area contributed by atoms with Crippen molar-refractivity contribution in [2.24, 2.45) is 0 Å². The number of aliphatic carboxylic acids is 1. The minimum atomic E-state index is -1.86. The van der Waals surface area contributed by atoms with Crippen molar-refractivity contribution in [2.75, 3.05) is 52.7 Å². The van der Waals surface area contributed by atoms with Gasteiger partial charge in [0, 0.05) is 43.8 Å². The summed E-state index contributed by atoms with van der Waals surface area (Å²) < 4.78 is 32.1. The number of nitrogens with zero attached hydrogens (tertiary/aromatic N) is 1. The maximum atomic E-state index is 11.8. The number of rotatable bonds is 22. The number of hydrogen-bond acceptors (Lipinski definition) is 14. The van der Waals surface area contributed by atoms with Crippen LogP contribution in [0.1, 0.15) is 24.0 Å².